The summed E-state index contributed by atoms with van der Waals surface area (Å²) in [4.78, 5) is 11.1. The van der Waals surface area contributed by atoms with E-state index in [9.17, 15) is 4.79 Å². The molecule has 1 amide bonds. The number of hydrogen-bond acceptors (Lipinski definition) is 4. The van der Waals surface area contributed by atoms with Crippen molar-refractivity contribution in [1.29, 1.82) is 0 Å². The van der Waals surface area contributed by atoms with Gasteiger partial charge >= 0.3 is 0 Å². The average Bonchev–Trinajstić information content (AvgIpc) is 2.84. The number of carbonyl (C=O) groups excluding carboxylic acids is 1. The molecule has 1 atom stereocenters. The molecule has 5 heteroatoms. The van der Waals surface area contributed by atoms with Gasteiger partial charge in [-0.25, -0.2) is 0 Å². The van der Waals surface area contributed by atoms with Crippen molar-refractivity contribution in [2.75, 3.05) is 12.5 Å². The third-order valence-electron chi connectivity index (χ3n) is 2.37. The molecule has 0 bridgehead atoms. The zero-order chi connectivity index (χ0) is 10.3. The van der Waals surface area contributed by atoms with Crippen LogP contribution in [0, 0.1) is 0 Å². The first kappa shape index (κ1) is 8.91. The monoisotopic (exact) mass is 223 g/mol. The third-order valence-corrected chi connectivity index (χ3v) is 3.52. The summed E-state index contributed by atoms with van der Waals surface area (Å²) >= 11 is 1.59. The second-order valence-electron chi connectivity index (χ2n) is 3.37. The Bertz CT molecular complexity index is 421. The lowest BCUT2D eigenvalue weighted by Gasteiger charge is -2.09. The van der Waals surface area contributed by atoms with Gasteiger partial charge in [-0.05, 0) is 17.7 Å². The molecule has 1 unspecified atom stereocenters. The standard InChI is InChI=1S/C10H9NO3S/c12-9-4-15-10(11-9)6-1-2-7-8(3-6)14-5-13-7/h1-3,10H,4-5H2,(H,11,12). The molecule has 2 heterocycles. The quantitative estimate of drug-likeness (QED) is 0.779. The minimum atomic E-state index is 0.0481. The van der Waals surface area contributed by atoms with Crippen LogP contribution in [0.5, 0.6) is 11.5 Å². The van der Waals surface area contributed by atoms with Gasteiger partial charge in [0.2, 0.25) is 12.7 Å². The second-order valence-corrected chi connectivity index (χ2v) is 4.46. The summed E-state index contributed by atoms with van der Waals surface area (Å²) in [5, 5.41) is 2.94. The van der Waals surface area contributed by atoms with Crippen LogP contribution in [0.25, 0.3) is 0 Å². The van der Waals surface area contributed by atoms with Crippen LogP contribution >= 0.6 is 11.8 Å². The zero-order valence-corrected chi connectivity index (χ0v) is 8.67. The van der Waals surface area contributed by atoms with E-state index in [1.807, 2.05) is 18.2 Å². The molecule has 4 nitrogen and oxygen atoms in total. The van der Waals surface area contributed by atoms with Crippen LogP contribution in [-0.2, 0) is 4.79 Å². The first-order valence-corrected chi connectivity index (χ1v) is 5.68. The van der Waals surface area contributed by atoms with Crippen molar-refractivity contribution >= 4 is 17.7 Å². The molecule has 0 spiro atoms. The summed E-state index contributed by atoms with van der Waals surface area (Å²) in [6.07, 6.45) is 0. The van der Waals surface area contributed by atoms with Gasteiger partial charge in [0.15, 0.2) is 11.5 Å². The molecule has 3 rings (SSSR count). The maximum Gasteiger partial charge on any atom is 0.231 e. The van der Waals surface area contributed by atoms with Gasteiger partial charge in [-0.3, -0.25) is 4.79 Å². The Morgan fingerprint density at radius 1 is 1.33 bits per heavy atom. The summed E-state index contributed by atoms with van der Waals surface area (Å²) in [5.74, 6) is 2.14. The molecular weight excluding hydrogens is 214 g/mol. The Kier molecular flexibility index (Phi) is 1.98. The first-order valence-electron chi connectivity index (χ1n) is 4.63. The minimum absolute atomic E-state index is 0.0481. The van der Waals surface area contributed by atoms with E-state index in [-0.39, 0.29) is 18.1 Å². The molecule has 1 N–H and O–H groups in total. The van der Waals surface area contributed by atoms with Crippen molar-refractivity contribution in [2.24, 2.45) is 0 Å². The van der Waals surface area contributed by atoms with Gasteiger partial charge in [-0.1, -0.05) is 6.07 Å². The van der Waals surface area contributed by atoms with Crippen LogP contribution in [0.3, 0.4) is 0 Å². The highest BCUT2D eigenvalue weighted by molar-refractivity contribution is 8.00. The van der Waals surface area contributed by atoms with E-state index in [0.717, 1.165) is 17.1 Å². The van der Waals surface area contributed by atoms with Gasteiger partial charge in [-0.2, -0.15) is 0 Å². The number of rotatable bonds is 1. The fourth-order valence-electron chi connectivity index (χ4n) is 1.64. The zero-order valence-electron chi connectivity index (χ0n) is 7.86. The van der Waals surface area contributed by atoms with E-state index < -0.39 is 0 Å². The number of hydrogen-bond donors (Lipinski definition) is 1. The summed E-state index contributed by atoms with van der Waals surface area (Å²) < 4.78 is 10.5. The lowest BCUT2D eigenvalue weighted by atomic mass is 10.2. The molecule has 15 heavy (non-hydrogen) atoms. The Morgan fingerprint density at radius 3 is 3.00 bits per heavy atom. The molecular formula is C10H9NO3S. The van der Waals surface area contributed by atoms with Crippen molar-refractivity contribution in [1.82, 2.24) is 5.32 Å². The van der Waals surface area contributed by atoms with Crippen LogP contribution in [0.4, 0.5) is 0 Å². The largest absolute Gasteiger partial charge is 0.454 e. The van der Waals surface area contributed by atoms with Crippen molar-refractivity contribution < 1.29 is 14.3 Å². The SMILES string of the molecule is O=C1CSC(c2ccc3c(c2)OCO3)N1. The molecule has 0 saturated carbocycles. The van der Waals surface area contributed by atoms with Gasteiger partial charge in [0.05, 0.1) is 5.75 Å². The molecule has 1 saturated heterocycles. The van der Waals surface area contributed by atoms with E-state index in [4.69, 9.17) is 9.47 Å². The Labute approximate surface area is 90.9 Å². The van der Waals surface area contributed by atoms with Gasteiger partial charge < -0.3 is 14.8 Å². The Balaban J connectivity index is 1.89. The normalized spacial score (nSPS) is 22.9. The lowest BCUT2D eigenvalue weighted by molar-refractivity contribution is -0.118. The first-order chi connectivity index (χ1) is 7.33. The van der Waals surface area contributed by atoms with Crippen molar-refractivity contribution in [3.05, 3.63) is 23.8 Å². The molecule has 78 valence electrons. The smallest absolute Gasteiger partial charge is 0.231 e. The van der Waals surface area contributed by atoms with Gasteiger partial charge in [-0.15, -0.1) is 11.8 Å². The predicted molar refractivity (Wildman–Crippen MR) is 55.9 cm³/mol. The van der Waals surface area contributed by atoms with Gasteiger partial charge in [0.1, 0.15) is 5.37 Å². The molecule has 0 radical (unpaired) electrons. The molecule has 1 fully saturated rings. The van der Waals surface area contributed by atoms with Crippen molar-refractivity contribution in [3.8, 4) is 11.5 Å². The Hall–Kier alpha value is -1.36. The molecule has 1 aromatic carbocycles. The maximum absolute atomic E-state index is 11.1. The van der Waals surface area contributed by atoms with Crippen molar-refractivity contribution in [2.45, 2.75) is 5.37 Å². The summed E-state index contributed by atoms with van der Waals surface area (Å²) in [6.45, 7) is 0.281. The van der Waals surface area contributed by atoms with E-state index in [1.165, 1.54) is 0 Å². The summed E-state index contributed by atoms with van der Waals surface area (Å²) in [7, 11) is 0. The number of fused-ring (bicyclic) bond motifs is 1. The summed E-state index contributed by atoms with van der Waals surface area (Å²) in [6, 6.07) is 5.76. The van der Waals surface area contributed by atoms with Crippen molar-refractivity contribution in [3.63, 3.8) is 0 Å². The fourth-order valence-corrected chi connectivity index (χ4v) is 2.60. The number of thioether (sulfide) groups is 1. The number of carbonyl (C=O) groups is 1. The number of nitrogens with one attached hydrogen (secondary N) is 1. The molecule has 2 aliphatic heterocycles. The fraction of sp³-hybridized carbons (Fsp3) is 0.300. The Morgan fingerprint density at radius 2 is 2.20 bits per heavy atom. The predicted octanol–water partition coefficient (Wildman–Crippen LogP) is 1.28. The number of amides is 1. The third kappa shape index (κ3) is 1.52. The van der Waals surface area contributed by atoms with E-state index >= 15 is 0 Å². The molecule has 0 aliphatic carbocycles. The topological polar surface area (TPSA) is 47.6 Å². The highest BCUT2D eigenvalue weighted by Crippen LogP contribution is 2.38. The van der Waals surface area contributed by atoms with E-state index in [0.29, 0.717) is 5.75 Å². The van der Waals surface area contributed by atoms with Gasteiger partial charge in [0.25, 0.3) is 0 Å². The van der Waals surface area contributed by atoms with Crippen LogP contribution in [0.2, 0.25) is 0 Å². The van der Waals surface area contributed by atoms with Crippen LogP contribution in [0.15, 0.2) is 18.2 Å². The molecule has 0 aromatic heterocycles. The number of ether oxygens (including phenoxy) is 2. The van der Waals surface area contributed by atoms with Crippen LogP contribution in [0.1, 0.15) is 10.9 Å². The van der Waals surface area contributed by atoms with Crippen LogP contribution in [-0.4, -0.2) is 18.5 Å². The maximum atomic E-state index is 11.1. The van der Waals surface area contributed by atoms with E-state index in [1.54, 1.807) is 11.8 Å². The highest BCUT2D eigenvalue weighted by atomic mass is 32.2. The minimum Gasteiger partial charge on any atom is -0.454 e. The average molecular weight is 223 g/mol. The summed E-state index contributed by atoms with van der Waals surface area (Å²) in [5.41, 5.74) is 1.05. The highest BCUT2D eigenvalue weighted by Gasteiger charge is 2.24. The van der Waals surface area contributed by atoms with E-state index in [2.05, 4.69) is 5.32 Å². The lowest BCUT2D eigenvalue weighted by Crippen LogP contribution is -2.18. The molecule has 1 aromatic rings. The molecule has 2 aliphatic rings. The second kappa shape index (κ2) is 3.34. The van der Waals surface area contributed by atoms with Crippen LogP contribution < -0.4 is 14.8 Å². The van der Waals surface area contributed by atoms with Gasteiger partial charge in [0, 0.05) is 0 Å². The number of benzene rings is 1.